The lowest BCUT2D eigenvalue weighted by atomic mass is 10.1. The Bertz CT molecular complexity index is 976. The molecule has 7 nitrogen and oxygen atoms in total. The van der Waals surface area contributed by atoms with E-state index in [1.54, 1.807) is 24.3 Å². The van der Waals surface area contributed by atoms with Crippen molar-refractivity contribution in [3.8, 4) is 11.5 Å². The van der Waals surface area contributed by atoms with Crippen molar-refractivity contribution >= 4 is 33.3 Å². The van der Waals surface area contributed by atoms with E-state index in [1.165, 1.54) is 6.07 Å². The van der Waals surface area contributed by atoms with Gasteiger partial charge in [-0.15, -0.1) is 0 Å². The van der Waals surface area contributed by atoms with Gasteiger partial charge in [-0.1, -0.05) is 18.5 Å². The molecular weight excluding hydrogens is 392 g/mol. The van der Waals surface area contributed by atoms with Crippen LogP contribution in [-0.2, 0) is 10.0 Å². The minimum Gasteiger partial charge on any atom is -0.478 e. The van der Waals surface area contributed by atoms with Crippen LogP contribution in [0.5, 0.6) is 11.5 Å². The highest BCUT2D eigenvalue weighted by atomic mass is 35.5. The Hall–Kier alpha value is -2.29. The Morgan fingerprint density at radius 1 is 1.30 bits per heavy atom. The maximum Gasteiger partial charge on any atom is 0.335 e. The number of sulfonamides is 1. The van der Waals surface area contributed by atoms with E-state index >= 15 is 0 Å². The molecule has 1 heterocycles. The maximum absolute atomic E-state index is 12.2. The van der Waals surface area contributed by atoms with Crippen LogP contribution in [-0.4, -0.2) is 32.6 Å². The van der Waals surface area contributed by atoms with Crippen LogP contribution in [0.1, 0.15) is 23.7 Å². The minimum absolute atomic E-state index is 0.0129. The lowest BCUT2D eigenvalue weighted by molar-refractivity contribution is 0.0696. The first kappa shape index (κ1) is 19.5. The number of aromatic carboxylic acids is 1. The first-order valence-corrected chi connectivity index (χ1v) is 10.2. The number of benzene rings is 2. The van der Waals surface area contributed by atoms with Crippen LogP contribution >= 0.6 is 11.6 Å². The quantitative estimate of drug-likeness (QED) is 0.782. The number of carboxylic acid groups (broad SMARTS) is 1. The van der Waals surface area contributed by atoms with E-state index in [0.717, 1.165) is 12.5 Å². The maximum atomic E-state index is 12.2. The van der Waals surface area contributed by atoms with Gasteiger partial charge in [0, 0.05) is 18.1 Å². The van der Waals surface area contributed by atoms with Gasteiger partial charge in [0.1, 0.15) is 10.6 Å². The number of nitrogens with zero attached hydrogens (tertiary/aromatic N) is 1. The molecule has 0 amide bonds. The molecule has 0 radical (unpaired) electrons. The summed E-state index contributed by atoms with van der Waals surface area (Å²) in [4.78, 5) is 13.1. The first-order chi connectivity index (χ1) is 12.6. The van der Waals surface area contributed by atoms with Crippen LogP contribution in [0.4, 0.5) is 5.69 Å². The largest absolute Gasteiger partial charge is 0.478 e. The van der Waals surface area contributed by atoms with Crippen LogP contribution in [0.15, 0.2) is 41.3 Å². The van der Waals surface area contributed by atoms with Crippen LogP contribution in [0, 0.1) is 5.92 Å². The number of hydrogen-bond donors (Lipinski definition) is 2. The molecule has 2 aromatic rings. The van der Waals surface area contributed by atoms with Crippen molar-refractivity contribution in [1.82, 2.24) is 0 Å². The molecule has 0 bridgehead atoms. The van der Waals surface area contributed by atoms with Gasteiger partial charge in [-0.05, 0) is 48.7 Å². The van der Waals surface area contributed by atoms with Gasteiger partial charge in [0.2, 0.25) is 10.0 Å². The minimum atomic E-state index is -4.22. The van der Waals surface area contributed by atoms with E-state index in [1.807, 2.05) is 4.90 Å². The van der Waals surface area contributed by atoms with Crippen molar-refractivity contribution in [2.45, 2.75) is 18.2 Å². The van der Waals surface area contributed by atoms with E-state index in [0.29, 0.717) is 35.5 Å². The molecule has 1 saturated heterocycles. The van der Waals surface area contributed by atoms with Gasteiger partial charge < -0.3 is 14.7 Å². The van der Waals surface area contributed by atoms with Gasteiger partial charge in [0.25, 0.3) is 0 Å². The standard InChI is InChI=1S/C18H19ClN2O5S/c1-11-6-7-21(10-11)15-8-12(18(22)23)9-16(27(20,24)25)17(15)26-14-4-2-13(19)3-5-14/h2-5,8-9,11H,6-7,10H2,1H3,(H,22,23)(H2,20,24,25). The second-order valence-electron chi connectivity index (χ2n) is 6.57. The summed E-state index contributed by atoms with van der Waals surface area (Å²) in [7, 11) is -4.22. The average Bonchev–Trinajstić information content (AvgIpc) is 3.02. The van der Waals surface area contributed by atoms with E-state index in [9.17, 15) is 18.3 Å². The molecule has 144 valence electrons. The zero-order valence-electron chi connectivity index (χ0n) is 14.6. The number of halogens is 1. The summed E-state index contributed by atoms with van der Waals surface area (Å²) in [6.45, 7) is 3.39. The van der Waals surface area contributed by atoms with E-state index in [-0.39, 0.29) is 16.2 Å². The molecule has 0 spiro atoms. The Balaban J connectivity index is 2.19. The van der Waals surface area contributed by atoms with Crippen molar-refractivity contribution in [3.63, 3.8) is 0 Å². The fraction of sp³-hybridized carbons (Fsp3) is 0.278. The third-order valence-corrected chi connectivity index (χ3v) is 5.56. The SMILES string of the molecule is CC1CCN(c2cc(C(=O)O)cc(S(N)(=O)=O)c2Oc2ccc(Cl)cc2)C1. The third kappa shape index (κ3) is 4.35. The van der Waals surface area contributed by atoms with Crippen molar-refractivity contribution < 1.29 is 23.1 Å². The number of rotatable bonds is 5. The van der Waals surface area contributed by atoms with Gasteiger partial charge in [-0.3, -0.25) is 0 Å². The van der Waals surface area contributed by atoms with Gasteiger partial charge in [-0.25, -0.2) is 18.4 Å². The second-order valence-corrected chi connectivity index (χ2v) is 8.53. The monoisotopic (exact) mass is 410 g/mol. The Morgan fingerprint density at radius 3 is 2.48 bits per heavy atom. The zero-order chi connectivity index (χ0) is 19.8. The predicted octanol–water partition coefficient (Wildman–Crippen LogP) is 3.32. The molecule has 9 heteroatoms. The number of carboxylic acids is 1. The van der Waals surface area contributed by atoms with Crippen LogP contribution in [0.3, 0.4) is 0 Å². The number of anilines is 1. The van der Waals surface area contributed by atoms with Crippen molar-refractivity contribution in [2.75, 3.05) is 18.0 Å². The van der Waals surface area contributed by atoms with E-state index in [2.05, 4.69) is 6.92 Å². The number of hydrogen-bond acceptors (Lipinski definition) is 5. The number of nitrogens with two attached hydrogens (primary N) is 1. The second kappa shape index (κ2) is 7.38. The van der Waals surface area contributed by atoms with Gasteiger partial charge in [0.05, 0.1) is 11.3 Å². The summed E-state index contributed by atoms with van der Waals surface area (Å²) >= 11 is 5.88. The van der Waals surface area contributed by atoms with Gasteiger partial charge in [0.15, 0.2) is 5.75 Å². The molecule has 2 aromatic carbocycles. The topological polar surface area (TPSA) is 110 Å². The lowest BCUT2D eigenvalue weighted by Gasteiger charge is -2.24. The molecule has 0 saturated carbocycles. The molecule has 1 aliphatic rings. The Kier molecular flexibility index (Phi) is 5.32. The fourth-order valence-corrected chi connectivity index (χ4v) is 3.86. The number of ether oxygens (including phenoxy) is 1. The van der Waals surface area contributed by atoms with Crippen molar-refractivity contribution in [2.24, 2.45) is 11.1 Å². The molecule has 1 fully saturated rings. The molecule has 0 aliphatic carbocycles. The summed E-state index contributed by atoms with van der Waals surface area (Å²) in [6, 6.07) is 8.84. The van der Waals surface area contributed by atoms with Crippen LogP contribution in [0.2, 0.25) is 5.02 Å². The molecule has 3 N–H and O–H groups in total. The van der Waals surface area contributed by atoms with E-state index < -0.39 is 16.0 Å². The van der Waals surface area contributed by atoms with E-state index in [4.69, 9.17) is 21.5 Å². The lowest BCUT2D eigenvalue weighted by Crippen LogP contribution is -2.22. The number of carbonyl (C=O) groups is 1. The first-order valence-electron chi connectivity index (χ1n) is 8.27. The highest BCUT2D eigenvalue weighted by Crippen LogP contribution is 2.41. The molecule has 0 aromatic heterocycles. The summed E-state index contributed by atoms with van der Waals surface area (Å²) in [5, 5.41) is 15.3. The summed E-state index contributed by atoms with van der Waals surface area (Å²) in [6.07, 6.45) is 0.905. The highest BCUT2D eigenvalue weighted by molar-refractivity contribution is 7.89. The third-order valence-electron chi connectivity index (χ3n) is 4.39. The summed E-state index contributed by atoms with van der Waals surface area (Å²) in [5.41, 5.74) is 0.218. The highest BCUT2D eigenvalue weighted by Gasteiger charge is 2.29. The van der Waals surface area contributed by atoms with Crippen molar-refractivity contribution in [1.29, 1.82) is 0 Å². The van der Waals surface area contributed by atoms with Gasteiger partial charge >= 0.3 is 5.97 Å². The molecule has 1 unspecified atom stereocenters. The average molecular weight is 411 g/mol. The summed E-state index contributed by atoms with van der Waals surface area (Å²) in [5.74, 6) is -0.481. The Morgan fingerprint density at radius 2 is 1.96 bits per heavy atom. The van der Waals surface area contributed by atoms with Crippen molar-refractivity contribution in [3.05, 3.63) is 47.0 Å². The normalized spacial score (nSPS) is 17.1. The smallest absolute Gasteiger partial charge is 0.335 e. The van der Waals surface area contributed by atoms with Crippen LogP contribution < -0.4 is 14.8 Å². The zero-order valence-corrected chi connectivity index (χ0v) is 16.1. The molecular formula is C18H19ClN2O5S. The number of primary sulfonamides is 1. The Labute approximate surface area is 162 Å². The predicted molar refractivity (Wildman–Crippen MR) is 102 cm³/mol. The van der Waals surface area contributed by atoms with Gasteiger partial charge in [-0.2, -0.15) is 0 Å². The molecule has 1 aliphatic heterocycles. The molecule has 1 atom stereocenters. The summed E-state index contributed by atoms with van der Waals surface area (Å²) < 4.78 is 30.2. The fourth-order valence-electron chi connectivity index (χ4n) is 3.03. The molecule has 27 heavy (non-hydrogen) atoms. The van der Waals surface area contributed by atoms with Crippen LogP contribution in [0.25, 0.3) is 0 Å². The molecule has 3 rings (SSSR count).